The fourth-order valence-electron chi connectivity index (χ4n) is 1.76. The number of rotatable bonds is 3. The van der Waals surface area contributed by atoms with Crippen LogP contribution in [0.3, 0.4) is 0 Å². The molecule has 0 atom stereocenters. The molecule has 0 amide bonds. The fraction of sp³-hybridized carbons (Fsp3) is 0.143. The lowest BCUT2D eigenvalue weighted by Gasteiger charge is -2.09. The van der Waals surface area contributed by atoms with E-state index in [-0.39, 0.29) is 0 Å². The molecule has 4 heteroatoms. The molecule has 18 heavy (non-hydrogen) atoms. The van der Waals surface area contributed by atoms with Crippen molar-refractivity contribution in [2.24, 2.45) is 0 Å². The van der Waals surface area contributed by atoms with E-state index in [9.17, 15) is 0 Å². The van der Waals surface area contributed by atoms with Crippen LogP contribution in [0.15, 0.2) is 36.4 Å². The molecule has 0 unspecified atom stereocenters. The Kier molecular flexibility index (Phi) is 3.63. The largest absolute Gasteiger partial charge is 0.495 e. The first-order valence-corrected chi connectivity index (χ1v) is 5.81. The average Bonchev–Trinajstić information content (AvgIpc) is 2.38. The summed E-state index contributed by atoms with van der Waals surface area (Å²) < 4.78 is 10.2. The van der Waals surface area contributed by atoms with E-state index >= 15 is 0 Å². The Labute approximate surface area is 111 Å². The highest BCUT2D eigenvalue weighted by atomic mass is 35.5. The van der Waals surface area contributed by atoms with Crippen LogP contribution in [0.5, 0.6) is 11.5 Å². The van der Waals surface area contributed by atoms with Gasteiger partial charge in [-0.15, -0.1) is 0 Å². The van der Waals surface area contributed by atoms with Gasteiger partial charge in [0.15, 0.2) is 0 Å². The van der Waals surface area contributed by atoms with Crippen LogP contribution in [-0.4, -0.2) is 14.2 Å². The molecule has 0 bridgehead atoms. The van der Waals surface area contributed by atoms with E-state index in [1.54, 1.807) is 14.2 Å². The lowest BCUT2D eigenvalue weighted by atomic mass is 10.0. The molecule has 94 valence electrons. The smallest absolute Gasteiger partial charge is 0.141 e. The van der Waals surface area contributed by atoms with Crippen LogP contribution in [0.25, 0.3) is 11.1 Å². The minimum Gasteiger partial charge on any atom is -0.495 e. The number of hydrogen-bond donors (Lipinski definition) is 1. The second-order valence-corrected chi connectivity index (χ2v) is 4.21. The molecule has 0 spiro atoms. The van der Waals surface area contributed by atoms with Crippen molar-refractivity contribution in [3.63, 3.8) is 0 Å². The zero-order valence-corrected chi connectivity index (χ0v) is 11.0. The maximum atomic E-state index is 6.10. The third-order valence-corrected chi connectivity index (χ3v) is 3.01. The molecular formula is C14H14ClNO2. The third-order valence-electron chi connectivity index (χ3n) is 2.71. The summed E-state index contributed by atoms with van der Waals surface area (Å²) >= 11 is 6.10. The van der Waals surface area contributed by atoms with E-state index < -0.39 is 0 Å². The molecule has 0 radical (unpaired) electrons. The van der Waals surface area contributed by atoms with Gasteiger partial charge < -0.3 is 15.2 Å². The molecule has 3 nitrogen and oxygen atoms in total. The van der Waals surface area contributed by atoms with Gasteiger partial charge in [0.25, 0.3) is 0 Å². The first-order valence-electron chi connectivity index (χ1n) is 5.43. The van der Waals surface area contributed by atoms with Crippen molar-refractivity contribution in [3.8, 4) is 22.6 Å². The molecular weight excluding hydrogens is 250 g/mol. The number of nitrogen functional groups attached to an aromatic ring is 1. The number of halogens is 1. The Morgan fingerprint density at radius 3 is 1.94 bits per heavy atom. The quantitative estimate of drug-likeness (QED) is 0.861. The molecule has 0 fully saturated rings. The Hall–Kier alpha value is -1.87. The number of anilines is 1. The van der Waals surface area contributed by atoms with Gasteiger partial charge >= 0.3 is 0 Å². The topological polar surface area (TPSA) is 44.5 Å². The maximum Gasteiger partial charge on any atom is 0.141 e. The Bertz CT molecular complexity index is 518. The number of benzene rings is 2. The molecule has 2 aromatic rings. The van der Waals surface area contributed by atoms with Crippen molar-refractivity contribution in [3.05, 3.63) is 41.4 Å². The van der Waals surface area contributed by atoms with Gasteiger partial charge in [-0.3, -0.25) is 0 Å². The SMILES string of the molecule is COc1ccc(-c2ccc(OC)c(Cl)c2)cc1N. The van der Waals surface area contributed by atoms with Gasteiger partial charge in [0.05, 0.1) is 24.9 Å². The van der Waals surface area contributed by atoms with Crippen LogP contribution >= 0.6 is 11.6 Å². The third kappa shape index (κ3) is 2.36. The molecule has 0 saturated carbocycles. The summed E-state index contributed by atoms with van der Waals surface area (Å²) in [6, 6.07) is 11.2. The average molecular weight is 264 g/mol. The van der Waals surface area contributed by atoms with Gasteiger partial charge in [0, 0.05) is 0 Å². The van der Waals surface area contributed by atoms with E-state index in [1.807, 2.05) is 36.4 Å². The summed E-state index contributed by atoms with van der Waals surface area (Å²) in [5.41, 5.74) is 8.45. The van der Waals surface area contributed by atoms with Crippen LogP contribution in [-0.2, 0) is 0 Å². The van der Waals surface area contributed by atoms with Gasteiger partial charge in [0.1, 0.15) is 11.5 Å². The molecule has 0 heterocycles. The zero-order valence-electron chi connectivity index (χ0n) is 10.2. The summed E-state index contributed by atoms with van der Waals surface area (Å²) in [5, 5.41) is 0.574. The summed E-state index contributed by atoms with van der Waals surface area (Å²) in [6.45, 7) is 0. The Balaban J connectivity index is 2.42. The summed E-state index contributed by atoms with van der Waals surface area (Å²) in [4.78, 5) is 0. The summed E-state index contributed by atoms with van der Waals surface area (Å²) in [5.74, 6) is 1.32. The van der Waals surface area contributed by atoms with E-state index in [4.69, 9.17) is 26.8 Å². The van der Waals surface area contributed by atoms with E-state index in [2.05, 4.69) is 0 Å². The highest BCUT2D eigenvalue weighted by molar-refractivity contribution is 6.32. The van der Waals surface area contributed by atoms with Crippen LogP contribution in [0.1, 0.15) is 0 Å². The second-order valence-electron chi connectivity index (χ2n) is 3.81. The van der Waals surface area contributed by atoms with Crippen molar-refractivity contribution >= 4 is 17.3 Å². The second kappa shape index (κ2) is 5.19. The molecule has 0 aliphatic rings. The molecule has 2 aromatic carbocycles. The molecule has 2 rings (SSSR count). The highest BCUT2D eigenvalue weighted by Gasteiger charge is 2.06. The van der Waals surface area contributed by atoms with Crippen molar-refractivity contribution in [1.82, 2.24) is 0 Å². The monoisotopic (exact) mass is 263 g/mol. The predicted molar refractivity (Wildman–Crippen MR) is 74.4 cm³/mol. The van der Waals surface area contributed by atoms with E-state index in [0.29, 0.717) is 22.2 Å². The molecule has 0 aliphatic heterocycles. The summed E-state index contributed by atoms with van der Waals surface area (Å²) in [6.07, 6.45) is 0. The normalized spacial score (nSPS) is 10.2. The molecule has 0 aliphatic carbocycles. The van der Waals surface area contributed by atoms with E-state index in [1.165, 1.54) is 0 Å². The van der Waals surface area contributed by atoms with Crippen LogP contribution < -0.4 is 15.2 Å². The number of hydrogen-bond acceptors (Lipinski definition) is 3. The van der Waals surface area contributed by atoms with Crippen molar-refractivity contribution in [1.29, 1.82) is 0 Å². The van der Waals surface area contributed by atoms with E-state index in [0.717, 1.165) is 11.1 Å². The van der Waals surface area contributed by atoms with Crippen LogP contribution in [0.4, 0.5) is 5.69 Å². The van der Waals surface area contributed by atoms with Gasteiger partial charge in [-0.2, -0.15) is 0 Å². The molecule has 0 aromatic heterocycles. The van der Waals surface area contributed by atoms with Gasteiger partial charge in [-0.1, -0.05) is 23.7 Å². The van der Waals surface area contributed by atoms with Gasteiger partial charge in [-0.25, -0.2) is 0 Å². The first kappa shape index (κ1) is 12.6. The molecule has 2 N–H and O–H groups in total. The standard InChI is InChI=1S/C14H14ClNO2/c1-17-13-5-3-9(7-11(13)15)10-4-6-14(18-2)12(16)8-10/h3-8H,16H2,1-2H3. The highest BCUT2D eigenvalue weighted by Crippen LogP contribution is 2.33. The lowest BCUT2D eigenvalue weighted by molar-refractivity contribution is 0.415. The predicted octanol–water partition coefficient (Wildman–Crippen LogP) is 3.61. The van der Waals surface area contributed by atoms with Crippen molar-refractivity contribution in [2.75, 3.05) is 20.0 Å². The van der Waals surface area contributed by atoms with Gasteiger partial charge in [0.2, 0.25) is 0 Å². The Morgan fingerprint density at radius 2 is 1.44 bits per heavy atom. The fourth-order valence-corrected chi connectivity index (χ4v) is 2.02. The molecule has 0 saturated heterocycles. The maximum absolute atomic E-state index is 6.10. The number of methoxy groups -OCH3 is 2. The lowest BCUT2D eigenvalue weighted by Crippen LogP contribution is -1.92. The van der Waals surface area contributed by atoms with Crippen molar-refractivity contribution < 1.29 is 9.47 Å². The van der Waals surface area contributed by atoms with Crippen molar-refractivity contribution in [2.45, 2.75) is 0 Å². The number of ether oxygens (including phenoxy) is 2. The first-order chi connectivity index (χ1) is 8.65. The Morgan fingerprint density at radius 1 is 0.889 bits per heavy atom. The minimum absolute atomic E-state index is 0.574. The number of nitrogens with two attached hydrogens (primary N) is 1. The van der Waals surface area contributed by atoms with Gasteiger partial charge in [-0.05, 0) is 35.4 Å². The minimum atomic E-state index is 0.574. The van der Waals surface area contributed by atoms with Crippen LogP contribution in [0, 0.1) is 0 Å². The zero-order chi connectivity index (χ0) is 13.1. The summed E-state index contributed by atoms with van der Waals surface area (Å²) in [7, 11) is 3.18. The van der Waals surface area contributed by atoms with Crippen LogP contribution in [0.2, 0.25) is 5.02 Å².